The first kappa shape index (κ1) is 12.2. The SMILES string of the molecule is COc1ccc(C2CC(C)NC2C)cc1OC. The molecule has 0 bridgehead atoms. The highest BCUT2D eigenvalue weighted by Gasteiger charge is 2.29. The fraction of sp³-hybridized carbons (Fsp3) is 0.571. The lowest BCUT2D eigenvalue weighted by molar-refractivity contribution is 0.354. The van der Waals surface area contributed by atoms with E-state index in [0.29, 0.717) is 18.0 Å². The van der Waals surface area contributed by atoms with Crippen molar-refractivity contribution in [1.82, 2.24) is 5.32 Å². The Morgan fingerprint density at radius 2 is 1.82 bits per heavy atom. The van der Waals surface area contributed by atoms with Crippen molar-refractivity contribution < 1.29 is 9.47 Å². The third-order valence-electron chi connectivity index (χ3n) is 3.59. The molecule has 3 heteroatoms. The van der Waals surface area contributed by atoms with Gasteiger partial charge in [0, 0.05) is 18.0 Å². The summed E-state index contributed by atoms with van der Waals surface area (Å²) in [6, 6.07) is 7.33. The number of nitrogens with one attached hydrogen (secondary N) is 1. The molecule has 94 valence electrons. The van der Waals surface area contributed by atoms with Crippen LogP contribution in [-0.2, 0) is 0 Å². The van der Waals surface area contributed by atoms with E-state index in [1.165, 1.54) is 12.0 Å². The fourth-order valence-electron chi connectivity index (χ4n) is 2.73. The van der Waals surface area contributed by atoms with Gasteiger partial charge < -0.3 is 14.8 Å². The summed E-state index contributed by atoms with van der Waals surface area (Å²) in [4.78, 5) is 0. The average molecular weight is 235 g/mol. The predicted octanol–water partition coefficient (Wildman–Crippen LogP) is 2.56. The van der Waals surface area contributed by atoms with E-state index < -0.39 is 0 Å². The highest BCUT2D eigenvalue weighted by molar-refractivity contribution is 5.44. The van der Waals surface area contributed by atoms with Crippen LogP contribution in [0.3, 0.4) is 0 Å². The molecule has 0 amide bonds. The van der Waals surface area contributed by atoms with Crippen molar-refractivity contribution in [3.05, 3.63) is 23.8 Å². The molecule has 0 aliphatic carbocycles. The van der Waals surface area contributed by atoms with Gasteiger partial charge >= 0.3 is 0 Å². The lowest BCUT2D eigenvalue weighted by Crippen LogP contribution is -2.26. The van der Waals surface area contributed by atoms with E-state index in [1.54, 1.807) is 14.2 Å². The quantitative estimate of drug-likeness (QED) is 0.873. The predicted molar refractivity (Wildman–Crippen MR) is 69.0 cm³/mol. The Kier molecular flexibility index (Phi) is 3.57. The van der Waals surface area contributed by atoms with Gasteiger partial charge in [0.25, 0.3) is 0 Å². The van der Waals surface area contributed by atoms with Crippen LogP contribution in [0.2, 0.25) is 0 Å². The van der Waals surface area contributed by atoms with E-state index in [0.717, 1.165) is 11.5 Å². The van der Waals surface area contributed by atoms with Gasteiger partial charge in [0.05, 0.1) is 14.2 Å². The van der Waals surface area contributed by atoms with Crippen LogP contribution in [0.1, 0.15) is 31.7 Å². The van der Waals surface area contributed by atoms with Crippen LogP contribution >= 0.6 is 0 Å². The Balaban J connectivity index is 2.27. The van der Waals surface area contributed by atoms with Crippen LogP contribution in [0, 0.1) is 0 Å². The molecule has 1 fully saturated rings. The Labute approximate surface area is 103 Å². The van der Waals surface area contributed by atoms with Crippen molar-refractivity contribution in [2.45, 2.75) is 38.3 Å². The Morgan fingerprint density at radius 1 is 1.12 bits per heavy atom. The smallest absolute Gasteiger partial charge is 0.160 e. The van der Waals surface area contributed by atoms with Crippen molar-refractivity contribution in [2.24, 2.45) is 0 Å². The molecule has 1 aliphatic rings. The van der Waals surface area contributed by atoms with Gasteiger partial charge in [-0.1, -0.05) is 6.07 Å². The minimum absolute atomic E-state index is 0.517. The van der Waals surface area contributed by atoms with Crippen LogP contribution < -0.4 is 14.8 Å². The zero-order valence-corrected chi connectivity index (χ0v) is 11.0. The molecule has 1 saturated heterocycles. The maximum Gasteiger partial charge on any atom is 0.160 e. The highest BCUT2D eigenvalue weighted by Crippen LogP contribution is 2.36. The summed E-state index contributed by atoms with van der Waals surface area (Å²) in [7, 11) is 3.35. The lowest BCUT2D eigenvalue weighted by atomic mass is 9.91. The van der Waals surface area contributed by atoms with Crippen molar-refractivity contribution >= 4 is 0 Å². The summed E-state index contributed by atoms with van der Waals surface area (Å²) in [6.07, 6.45) is 1.18. The first-order valence-corrected chi connectivity index (χ1v) is 6.13. The second-order valence-electron chi connectivity index (χ2n) is 4.81. The van der Waals surface area contributed by atoms with E-state index in [1.807, 2.05) is 6.07 Å². The van der Waals surface area contributed by atoms with E-state index in [2.05, 4.69) is 31.3 Å². The molecule has 0 saturated carbocycles. The Morgan fingerprint density at radius 3 is 2.35 bits per heavy atom. The molecule has 1 N–H and O–H groups in total. The maximum atomic E-state index is 5.35. The highest BCUT2D eigenvalue weighted by atomic mass is 16.5. The number of hydrogen-bond donors (Lipinski definition) is 1. The van der Waals surface area contributed by atoms with E-state index in [4.69, 9.17) is 9.47 Å². The molecule has 1 aliphatic heterocycles. The molecular weight excluding hydrogens is 214 g/mol. The van der Waals surface area contributed by atoms with Gasteiger partial charge in [-0.2, -0.15) is 0 Å². The van der Waals surface area contributed by atoms with Gasteiger partial charge in [-0.05, 0) is 38.0 Å². The van der Waals surface area contributed by atoms with Crippen molar-refractivity contribution in [3.63, 3.8) is 0 Å². The minimum Gasteiger partial charge on any atom is -0.493 e. The minimum atomic E-state index is 0.517. The molecule has 0 spiro atoms. The van der Waals surface area contributed by atoms with E-state index >= 15 is 0 Å². The van der Waals surface area contributed by atoms with Gasteiger partial charge in [0.1, 0.15) is 0 Å². The zero-order chi connectivity index (χ0) is 12.4. The first-order chi connectivity index (χ1) is 8.15. The summed E-state index contributed by atoms with van der Waals surface area (Å²) in [5.74, 6) is 2.17. The Bertz CT molecular complexity index is 392. The van der Waals surface area contributed by atoms with Crippen LogP contribution in [0.5, 0.6) is 11.5 Å². The second kappa shape index (κ2) is 4.96. The molecule has 3 unspecified atom stereocenters. The normalized spacial score (nSPS) is 28.1. The third kappa shape index (κ3) is 2.39. The van der Waals surface area contributed by atoms with Gasteiger partial charge in [0.15, 0.2) is 11.5 Å². The molecule has 1 aromatic rings. The van der Waals surface area contributed by atoms with Gasteiger partial charge in [-0.3, -0.25) is 0 Å². The topological polar surface area (TPSA) is 30.5 Å². The average Bonchev–Trinajstić information content (AvgIpc) is 2.67. The number of ether oxygens (including phenoxy) is 2. The molecule has 1 aromatic carbocycles. The fourth-order valence-corrected chi connectivity index (χ4v) is 2.73. The summed E-state index contributed by atoms with van der Waals surface area (Å²) in [5.41, 5.74) is 1.33. The van der Waals surface area contributed by atoms with E-state index in [-0.39, 0.29) is 0 Å². The summed E-state index contributed by atoms with van der Waals surface area (Å²) in [5, 5.41) is 3.56. The lowest BCUT2D eigenvalue weighted by Gasteiger charge is -2.17. The molecule has 17 heavy (non-hydrogen) atoms. The molecule has 2 rings (SSSR count). The standard InChI is InChI=1S/C14H21NO2/c1-9-7-12(10(2)15-9)11-5-6-13(16-3)14(8-11)17-4/h5-6,8-10,12,15H,7H2,1-4H3. The molecule has 3 nitrogen and oxygen atoms in total. The number of hydrogen-bond acceptors (Lipinski definition) is 3. The maximum absolute atomic E-state index is 5.35. The van der Waals surface area contributed by atoms with E-state index in [9.17, 15) is 0 Å². The second-order valence-corrected chi connectivity index (χ2v) is 4.81. The molecule has 3 atom stereocenters. The summed E-state index contributed by atoms with van der Waals surface area (Å²) in [6.45, 7) is 4.47. The summed E-state index contributed by atoms with van der Waals surface area (Å²) >= 11 is 0. The van der Waals surface area contributed by atoms with Crippen LogP contribution in [-0.4, -0.2) is 26.3 Å². The van der Waals surface area contributed by atoms with Crippen LogP contribution in [0.15, 0.2) is 18.2 Å². The van der Waals surface area contributed by atoms with Crippen LogP contribution in [0.25, 0.3) is 0 Å². The van der Waals surface area contributed by atoms with Crippen molar-refractivity contribution in [1.29, 1.82) is 0 Å². The van der Waals surface area contributed by atoms with Crippen molar-refractivity contribution in [2.75, 3.05) is 14.2 Å². The molecule has 0 radical (unpaired) electrons. The number of benzene rings is 1. The molecular formula is C14H21NO2. The Hall–Kier alpha value is -1.22. The monoisotopic (exact) mass is 235 g/mol. The van der Waals surface area contributed by atoms with Gasteiger partial charge in [-0.15, -0.1) is 0 Å². The largest absolute Gasteiger partial charge is 0.493 e. The van der Waals surface area contributed by atoms with Crippen molar-refractivity contribution in [3.8, 4) is 11.5 Å². The van der Waals surface area contributed by atoms with Gasteiger partial charge in [0.2, 0.25) is 0 Å². The number of rotatable bonds is 3. The number of methoxy groups -OCH3 is 2. The molecule has 1 heterocycles. The summed E-state index contributed by atoms with van der Waals surface area (Å²) < 4.78 is 10.6. The van der Waals surface area contributed by atoms with Crippen LogP contribution in [0.4, 0.5) is 0 Å². The third-order valence-corrected chi connectivity index (χ3v) is 3.59. The zero-order valence-electron chi connectivity index (χ0n) is 11.0. The first-order valence-electron chi connectivity index (χ1n) is 6.13. The van der Waals surface area contributed by atoms with Gasteiger partial charge in [-0.25, -0.2) is 0 Å². The molecule has 0 aromatic heterocycles.